The van der Waals surface area contributed by atoms with Gasteiger partial charge in [0.1, 0.15) is 17.3 Å². The minimum atomic E-state index is -1.48. The molecular formula is C30H37BrN4O7. The van der Waals surface area contributed by atoms with E-state index in [2.05, 4.69) is 5.32 Å². The smallest absolute Gasteiger partial charge is 0.363 e. The number of nitrogens with zero attached hydrogens (tertiary/aromatic N) is 2. The van der Waals surface area contributed by atoms with Crippen LogP contribution in [0, 0.1) is 5.41 Å². The second-order valence-corrected chi connectivity index (χ2v) is 11.5. The quantitative estimate of drug-likeness (QED) is 0.292. The van der Waals surface area contributed by atoms with Gasteiger partial charge < -0.3 is 30.0 Å². The van der Waals surface area contributed by atoms with Crippen molar-refractivity contribution >= 4 is 52.3 Å². The van der Waals surface area contributed by atoms with E-state index in [4.69, 9.17) is 10.1 Å². The first-order valence-corrected chi connectivity index (χ1v) is 13.6. The second-order valence-electron chi connectivity index (χ2n) is 11.5. The van der Waals surface area contributed by atoms with Crippen molar-refractivity contribution in [3.63, 3.8) is 0 Å². The molecule has 1 saturated heterocycles. The molecular weight excluding hydrogens is 608 g/mol. The normalized spacial score (nSPS) is 19.6. The van der Waals surface area contributed by atoms with Crippen LogP contribution in [0.2, 0.25) is 0 Å². The third kappa shape index (κ3) is 5.65. The third-order valence-corrected chi connectivity index (χ3v) is 7.93. The molecule has 2 heterocycles. The number of carbonyl (C=O) groups excluding carboxylic acids is 3. The van der Waals surface area contributed by atoms with Crippen molar-refractivity contribution in [1.29, 1.82) is 5.41 Å². The number of hydrogen-bond acceptors (Lipinski definition) is 7. The van der Waals surface area contributed by atoms with Crippen LogP contribution in [0.1, 0.15) is 77.9 Å². The number of carboxylic acids is 1. The molecule has 0 saturated carbocycles. The fraction of sp³-hybridized carbons (Fsp3) is 0.433. The maximum absolute atomic E-state index is 13.5. The molecule has 42 heavy (non-hydrogen) atoms. The summed E-state index contributed by atoms with van der Waals surface area (Å²) in [5.41, 5.74) is 2.19. The molecule has 0 spiro atoms. The fourth-order valence-corrected chi connectivity index (χ4v) is 5.90. The highest BCUT2D eigenvalue weighted by molar-refractivity contribution is 8.93. The lowest BCUT2D eigenvalue weighted by molar-refractivity contribution is -0.265. The van der Waals surface area contributed by atoms with E-state index in [9.17, 15) is 29.4 Å². The van der Waals surface area contributed by atoms with Gasteiger partial charge in [0.2, 0.25) is 0 Å². The van der Waals surface area contributed by atoms with Crippen molar-refractivity contribution in [3.05, 3.63) is 58.1 Å². The number of rotatable bonds is 8. The van der Waals surface area contributed by atoms with Crippen molar-refractivity contribution in [2.45, 2.75) is 58.5 Å². The number of quaternary nitrogens is 1. The molecule has 0 bridgehead atoms. The fourth-order valence-electron chi connectivity index (χ4n) is 5.90. The number of ketones is 1. The monoisotopic (exact) mass is 644 g/mol. The van der Waals surface area contributed by atoms with Crippen LogP contribution >= 0.6 is 17.0 Å². The van der Waals surface area contributed by atoms with Crippen molar-refractivity contribution in [3.8, 4) is 5.75 Å². The molecule has 226 valence electrons. The standard InChI is InChI=1S/C30H36N4O7.BrH/c1-6-41-25-13-18-15-33(26(31)19(18)14-20(25)27(36)32-5)16-24(35)17-9-10-22(21(12-17)30(2,3)4)34(29(39)40)11-7-8-23(34)28(37)38;/h9-10,12-14,23,31H,6-8,11,15-16H2,1-5H3,(H2-,32,36,37,38,39,40);1H. The van der Waals surface area contributed by atoms with Crippen LogP contribution in [-0.2, 0) is 16.8 Å². The number of carboxylic acid groups (broad SMARTS) is 2. The molecule has 2 aliphatic heterocycles. The Kier molecular flexibility index (Phi) is 9.53. The van der Waals surface area contributed by atoms with Gasteiger partial charge >= 0.3 is 5.97 Å². The van der Waals surface area contributed by atoms with Crippen LogP contribution in [0.4, 0.5) is 10.5 Å². The summed E-state index contributed by atoms with van der Waals surface area (Å²) in [5, 5.41) is 33.7. The van der Waals surface area contributed by atoms with Crippen molar-refractivity contribution in [2.24, 2.45) is 0 Å². The summed E-state index contributed by atoms with van der Waals surface area (Å²) in [6.07, 6.45) is -0.859. The Morgan fingerprint density at radius 1 is 1.19 bits per heavy atom. The molecule has 0 radical (unpaired) electrons. The number of nitrogens with one attached hydrogen (secondary N) is 2. The van der Waals surface area contributed by atoms with Gasteiger partial charge in [-0.3, -0.25) is 15.0 Å². The number of likely N-dealkylation sites (tertiary alicyclic amines) is 1. The summed E-state index contributed by atoms with van der Waals surface area (Å²) in [5.74, 6) is -1.31. The van der Waals surface area contributed by atoms with Gasteiger partial charge in [0.25, 0.3) is 12.0 Å². The highest BCUT2D eigenvalue weighted by Gasteiger charge is 2.52. The second kappa shape index (κ2) is 12.2. The largest absolute Gasteiger partial charge is 0.498 e. The minimum absolute atomic E-state index is 0. The number of carbonyl (C=O) groups is 4. The molecule has 2 amide bonds. The third-order valence-electron chi connectivity index (χ3n) is 7.93. The molecule has 2 atom stereocenters. The SMILES string of the molecule is Br.CCOc1cc2c(cc1C(=O)NC)C(=N)N(CC(=O)c1ccc([N+]3(C(=O)[O-])CCCC3C(=O)O)c(C(C)(C)C)c1)C2. The molecule has 3 N–H and O–H groups in total. The topological polar surface area (TPSA) is 160 Å². The van der Waals surface area contributed by atoms with Crippen LogP contribution in [0.3, 0.4) is 0 Å². The van der Waals surface area contributed by atoms with Crippen molar-refractivity contribution in [2.75, 3.05) is 26.7 Å². The Balaban J connectivity index is 0.00000484. The average molecular weight is 646 g/mol. The van der Waals surface area contributed by atoms with Gasteiger partial charge in [0.15, 0.2) is 11.8 Å². The predicted octanol–water partition coefficient (Wildman–Crippen LogP) is 3.24. The minimum Gasteiger partial charge on any atom is -0.498 e. The van der Waals surface area contributed by atoms with E-state index in [0.29, 0.717) is 46.7 Å². The number of ether oxygens (including phenoxy) is 1. The lowest BCUT2D eigenvalue weighted by atomic mass is 9.83. The Morgan fingerprint density at radius 2 is 1.88 bits per heavy atom. The lowest BCUT2D eigenvalue weighted by Gasteiger charge is -2.40. The molecule has 1 fully saturated rings. The molecule has 2 aromatic rings. The van der Waals surface area contributed by atoms with E-state index in [-0.39, 0.29) is 60.6 Å². The van der Waals surface area contributed by atoms with Crippen LogP contribution in [0.5, 0.6) is 5.75 Å². The Hall–Kier alpha value is -3.77. The highest BCUT2D eigenvalue weighted by atomic mass is 79.9. The first-order chi connectivity index (χ1) is 19.3. The number of amides is 2. The van der Waals surface area contributed by atoms with E-state index in [1.54, 1.807) is 29.2 Å². The first kappa shape index (κ1) is 32.7. The van der Waals surface area contributed by atoms with E-state index in [1.165, 1.54) is 13.1 Å². The molecule has 4 rings (SSSR count). The van der Waals surface area contributed by atoms with E-state index >= 15 is 0 Å². The summed E-state index contributed by atoms with van der Waals surface area (Å²) in [7, 11) is 1.51. The van der Waals surface area contributed by atoms with Gasteiger partial charge in [-0.05, 0) is 42.2 Å². The molecule has 11 nitrogen and oxygen atoms in total. The van der Waals surface area contributed by atoms with Crippen LogP contribution in [-0.4, -0.2) is 72.4 Å². The Labute approximate surface area is 255 Å². The summed E-state index contributed by atoms with van der Waals surface area (Å²) in [6.45, 7) is 8.06. The molecule has 0 aromatic heterocycles. The summed E-state index contributed by atoms with van der Waals surface area (Å²) in [4.78, 5) is 52.1. The first-order valence-electron chi connectivity index (χ1n) is 13.6. The average Bonchev–Trinajstić information content (AvgIpc) is 3.49. The molecule has 2 aromatic carbocycles. The highest BCUT2D eigenvalue weighted by Crippen LogP contribution is 2.42. The molecule has 2 aliphatic rings. The number of benzene rings is 2. The molecule has 0 aliphatic carbocycles. The zero-order valence-corrected chi connectivity index (χ0v) is 26.1. The maximum Gasteiger partial charge on any atom is 0.363 e. The predicted molar refractivity (Wildman–Crippen MR) is 161 cm³/mol. The number of hydrogen-bond donors (Lipinski definition) is 3. The van der Waals surface area contributed by atoms with Crippen molar-refractivity contribution < 1.29 is 34.1 Å². The summed E-state index contributed by atoms with van der Waals surface area (Å²) >= 11 is 0. The van der Waals surface area contributed by atoms with Gasteiger partial charge in [-0.1, -0.05) is 20.8 Å². The van der Waals surface area contributed by atoms with Crippen molar-refractivity contribution in [1.82, 2.24) is 14.7 Å². The van der Waals surface area contributed by atoms with E-state index < -0.39 is 28.0 Å². The van der Waals surface area contributed by atoms with E-state index in [1.807, 2.05) is 27.7 Å². The Bertz CT molecular complexity index is 1450. The van der Waals surface area contributed by atoms with Crippen LogP contribution in [0.15, 0.2) is 30.3 Å². The van der Waals surface area contributed by atoms with Gasteiger partial charge in [-0.2, -0.15) is 0 Å². The maximum atomic E-state index is 13.5. The zero-order valence-electron chi connectivity index (χ0n) is 24.4. The number of halogens is 1. The zero-order chi connectivity index (χ0) is 30.3. The van der Waals surface area contributed by atoms with E-state index in [0.717, 1.165) is 5.56 Å². The van der Waals surface area contributed by atoms with Gasteiger partial charge in [-0.25, -0.2) is 9.28 Å². The Morgan fingerprint density at radius 3 is 2.45 bits per heavy atom. The lowest BCUT2D eigenvalue weighted by Crippen LogP contribution is -2.65. The van der Waals surface area contributed by atoms with Gasteiger partial charge in [0, 0.05) is 49.2 Å². The van der Waals surface area contributed by atoms with Gasteiger partial charge in [-0.15, -0.1) is 17.0 Å². The number of aliphatic carboxylic acids is 1. The van der Waals surface area contributed by atoms with Gasteiger partial charge in [0.05, 0.1) is 25.3 Å². The summed E-state index contributed by atoms with van der Waals surface area (Å²) < 4.78 is 4.83. The molecule has 12 heteroatoms. The molecule has 2 unspecified atom stereocenters. The number of amidine groups is 1. The number of fused-ring (bicyclic) bond motifs is 1. The summed E-state index contributed by atoms with van der Waals surface area (Å²) in [6, 6.07) is 6.85. The van der Waals surface area contributed by atoms with Crippen LogP contribution < -0.4 is 19.6 Å². The van der Waals surface area contributed by atoms with Crippen LogP contribution in [0.25, 0.3) is 0 Å². The number of Topliss-reactive ketones (excluding diaryl/α,β-unsaturated/α-hetero) is 1.